The summed E-state index contributed by atoms with van der Waals surface area (Å²) in [6, 6.07) is 43.4. The first-order chi connectivity index (χ1) is 13.9. The molecule has 4 rings (SSSR count). The lowest BCUT2D eigenvalue weighted by atomic mass is 10.1. The zero-order valence-corrected chi connectivity index (χ0v) is 16.7. The maximum Gasteiger partial charge on any atom is 0.0559 e. The molecule has 4 aromatic rings. The van der Waals surface area contributed by atoms with E-state index in [0.717, 1.165) is 11.8 Å². The van der Waals surface area contributed by atoms with Gasteiger partial charge in [-0.05, 0) is 36.2 Å². The van der Waals surface area contributed by atoms with Crippen molar-refractivity contribution in [2.24, 2.45) is 0 Å². The Morgan fingerprint density at radius 2 is 0.964 bits per heavy atom. The van der Waals surface area contributed by atoms with Crippen molar-refractivity contribution in [2.75, 3.05) is 11.5 Å². The molecule has 0 heterocycles. The third-order valence-electron chi connectivity index (χ3n) is 4.82. The highest BCUT2D eigenvalue weighted by molar-refractivity contribution is 7.73. The van der Waals surface area contributed by atoms with Gasteiger partial charge in [-0.2, -0.15) is 0 Å². The van der Waals surface area contributed by atoms with E-state index in [1.807, 2.05) is 0 Å². The van der Waals surface area contributed by atoms with E-state index in [9.17, 15) is 0 Å². The molecule has 0 saturated heterocycles. The van der Waals surface area contributed by atoms with Gasteiger partial charge in [0, 0.05) is 11.8 Å². The Bertz CT molecular complexity index is 917. The van der Waals surface area contributed by atoms with Crippen LogP contribution in [0.5, 0.6) is 0 Å². The van der Waals surface area contributed by atoms with Gasteiger partial charge < -0.3 is 5.32 Å². The average molecular weight is 381 g/mol. The van der Waals surface area contributed by atoms with E-state index >= 15 is 0 Å². The third-order valence-corrected chi connectivity index (χ3v) is 7.39. The molecule has 2 heteroatoms. The van der Waals surface area contributed by atoms with Crippen LogP contribution in [0.3, 0.4) is 0 Å². The normalized spacial score (nSPS) is 11.9. The van der Waals surface area contributed by atoms with Crippen molar-refractivity contribution >= 4 is 24.2 Å². The highest BCUT2D eigenvalue weighted by Crippen LogP contribution is 2.39. The molecule has 0 radical (unpaired) electrons. The number of rotatable bonds is 7. The molecular formula is C26H24NP. The molecule has 0 aliphatic rings. The minimum absolute atomic E-state index is 0.245. The second kappa shape index (κ2) is 9.35. The molecule has 28 heavy (non-hydrogen) atoms. The lowest BCUT2D eigenvalue weighted by Gasteiger charge is -2.27. The molecule has 0 amide bonds. The molecule has 0 unspecified atom stereocenters. The van der Waals surface area contributed by atoms with Crippen molar-refractivity contribution in [3.8, 4) is 0 Å². The van der Waals surface area contributed by atoms with Gasteiger partial charge in [-0.15, -0.1) is 0 Å². The van der Waals surface area contributed by atoms with Gasteiger partial charge in [-0.1, -0.05) is 109 Å². The summed E-state index contributed by atoms with van der Waals surface area (Å²) in [6.45, 7) is 0. The Hall–Kier alpha value is -2.89. The molecule has 1 atom stereocenters. The lowest BCUT2D eigenvalue weighted by molar-refractivity contribution is 0.895. The van der Waals surface area contributed by atoms with Crippen LogP contribution >= 0.6 is 7.92 Å². The summed E-state index contributed by atoms with van der Waals surface area (Å²) >= 11 is 0. The molecular weight excluding hydrogens is 357 g/mol. The molecule has 0 saturated carbocycles. The first-order valence-corrected chi connectivity index (χ1v) is 11.2. The standard InChI is InChI=1S/C26H24NP/c1-5-13-22(14-6-1)26(27-23-15-7-2-8-16-23)21-28(24-17-9-3-10-18-24)25-19-11-4-12-20-25/h1-20,26-27H,21H2/t26-/m0/s1. The van der Waals surface area contributed by atoms with Crippen LogP contribution in [0.2, 0.25) is 0 Å². The van der Waals surface area contributed by atoms with Gasteiger partial charge >= 0.3 is 0 Å². The highest BCUT2D eigenvalue weighted by Gasteiger charge is 2.21. The van der Waals surface area contributed by atoms with Crippen LogP contribution in [-0.2, 0) is 0 Å². The second-order valence-corrected chi connectivity index (χ2v) is 9.01. The average Bonchev–Trinajstić information content (AvgIpc) is 2.79. The van der Waals surface area contributed by atoms with Crippen LogP contribution in [0.4, 0.5) is 5.69 Å². The molecule has 0 fully saturated rings. The summed E-state index contributed by atoms with van der Waals surface area (Å²) in [4.78, 5) is 0. The number of hydrogen-bond donors (Lipinski definition) is 1. The zero-order valence-electron chi connectivity index (χ0n) is 15.8. The number of anilines is 1. The summed E-state index contributed by atoms with van der Waals surface area (Å²) in [6.07, 6.45) is 1.04. The smallest absolute Gasteiger partial charge is 0.0559 e. The van der Waals surface area contributed by atoms with E-state index in [0.29, 0.717) is 0 Å². The molecule has 4 aromatic carbocycles. The minimum Gasteiger partial charge on any atom is -0.378 e. The molecule has 138 valence electrons. The molecule has 0 aromatic heterocycles. The SMILES string of the molecule is c1ccc(N[C@@H](CP(c2ccccc2)c2ccccc2)c2ccccc2)cc1. The third kappa shape index (κ3) is 4.68. The van der Waals surface area contributed by atoms with E-state index in [2.05, 4.69) is 127 Å². The number of nitrogens with one attached hydrogen (secondary N) is 1. The van der Waals surface area contributed by atoms with Crippen LogP contribution in [0.15, 0.2) is 121 Å². The Morgan fingerprint density at radius 1 is 0.536 bits per heavy atom. The van der Waals surface area contributed by atoms with Gasteiger partial charge in [0.05, 0.1) is 6.04 Å². The number of hydrogen-bond acceptors (Lipinski definition) is 1. The fourth-order valence-electron chi connectivity index (χ4n) is 3.41. The number of para-hydroxylation sites is 1. The molecule has 0 aliphatic carbocycles. The quantitative estimate of drug-likeness (QED) is 0.389. The van der Waals surface area contributed by atoms with Gasteiger partial charge in [-0.3, -0.25) is 0 Å². The molecule has 1 N–H and O–H groups in total. The van der Waals surface area contributed by atoms with Crippen LogP contribution in [0, 0.1) is 0 Å². The fraction of sp³-hybridized carbons (Fsp3) is 0.0769. The first kappa shape index (κ1) is 18.5. The summed E-state index contributed by atoms with van der Waals surface area (Å²) in [5, 5.41) is 6.61. The van der Waals surface area contributed by atoms with Gasteiger partial charge in [0.1, 0.15) is 0 Å². The Balaban J connectivity index is 1.70. The van der Waals surface area contributed by atoms with Crippen molar-refractivity contribution in [3.63, 3.8) is 0 Å². The predicted octanol–water partition coefficient (Wildman–Crippen LogP) is 5.97. The highest BCUT2D eigenvalue weighted by atomic mass is 31.1. The summed E-state index contributed by atoms with van der Waals surface area (Å²) in [5.74, 6) is 0. The van der Waals surface area contributed by atoms with Crippen molar-refractivity contribution in [3.05, 3.63) is 127 Å². The van der Waals surface area contributed by atoms with Crippen molar-refractivity contribution in [2.45, 2.75) is 6.04 Å². The van der Waals surface area contributed by atoms with E-state index < -0.39 is 7.92 Å². The van der Waals surface area contributed by atoms with Crippen LogP contribution < -0.4 is 15.9 Å². The molecule has 0 spiro atoms. The van der Waals surface area contributed by atoms with Gasteiger partial charge in [0.2, 0.25) is 0 Å². The summed E-state index contributed by atoms with van der Waals surface area (Å²) < 4.78 is 0. The largest absolute Gasteiger partial charge is 0.378 e. The maximum atomic E-state index is 3.78. The first-order valence-electron chi connectivity index (χ1n) is 9.64. The Morgan fingerprint density at radius 3 is 1.46 bits per heavy atom. The zero-order chi connectivity index (χ0) is 19.0. The van der Waals surface area contributed by atoms with E-state index in [-0.39, 0.29) is 6.04 Å². The maximum absolute atomic E-state index is 3.78. The second-order valence-electron chi connectivity index (χ2n) is 6.76. The van der Waals surface area contributed by atoms with E-state index in [1.165, 1.54) is 16.2 Å². The minimum atomic E-state index is -0.473. The fourth-order valence-corrected chi connectivity index (χ4v) is 5.86. The van der Waals surface area contributed by atoms with Crippen LogP contribution in [0.1, 0.15) is 11.6 Å². The van der Waals surface area contributed by atoms with Crippen molar-refractivity contribution in [1.82, 2.24) is 0 Å². The molecule has 1 nitrogen and oxygen atoms in total. The van der Waals surface area contributed by atoms with Gasteiger partial charge in [-0.25, -0.2) is 0 Å². The molecule has 0 aliphatic heterocycles. The number of benzene rings is 4. The van der Waals surface area contributed by atoms with Gasteiger partial charge in [0.15, 0.2) is 0 Å². The Kier molecular flexibility index (Phi) is 6.17. The summed E-state index contributed by atoms with van der Waals surface area (Å²) in [5.41, 5.74) is 2.48. The monoisotopic (exact) mass is 381 g/mol. The van der Waals surface area contributed by atoms with Crippen LogP contribution in [0.25, 0.3) is 0 Å². The lowest BCUT2D eigenvalue weighted by Crippen LogP contribution is -2.22. The van der Waals surface area contributed by atoms with Crippen molar-refractivity contribution < 1.29 is 0 Å². The van der Waals surface area contributed by atoms with Crippen molar-refractivity contribution in [1.29, 1.82) is 0 Å². The van der Waals surface area contributed by atoms with Crippen LogP contribution in [-0.4, -0.2) is 6.16 Å². The topological polar surface area (TPSA) is 12.0 Å². The van der Waals surface area contributed by atoms with Gasteiger partial charge in [0.25, 0.3) is 0 Å². The summed E-state index contributed by atoms with van der Waals surface area (Å²) in [7, 11) is -0.473. The predicted molar refractivity (Wildman–Crippen MR) is 123 cm³/mol. The van der Waals surface area contributed by atoms with E-state index in [4.69, 9.17) is 0 Å². The van der Waals surface area contributed by atoms with E-state index in [1.54, 1.807) is 0 Å². The Labute approximate surface area is 168 Å². The molecule has 0 bridgehead atoms.